The molecular weight excluding hydrogens is 379 g/mol. The molecule has 0 atom stereocenters. The normalized spacial score (nSPS) is 16.1. The molecule has 6 heteroatoms. The molecule has 2 aromatic carbocycles. The van der Waals surface area contributed by atoms with Gasteiger partial charge in [-0.2, -0.15) is 5.10 Å². The third-order valence-corrected chi connectivity index (χ3v) is 6.21. The second-order valence-electron chi connectivity index (χ2n) is 8.15. The Morgan fingerprint density at radius 1 is 1.00 bits per heavy atom. The number of benzene rings is 2. The molecule has 5 rings (SSSR count). The molecular formula is C24H25FN4O. The van der Waals surface area contributed by atoms with Crippen LogP contribution < -0.4 is 4.90 Å². The summed E-state index contributed by atoms with van der Waals surface area (Å²) in [5.41, 5.74) is 5.82. The van der Waals surface area contributed by atoms with E-state index in [0.717, 1.165) is 54.7 Å². The van der Waals surface area contributed by atoms with Crippen molar-refractivity contribution in [3.63, 3.8) is 0 Å². The number of fused-ring (bicyclic) bond motifs is 2. The number of hydrogen-bond acceptors (Lipinski definition) is 3. The smallest absolute Gasteiger partial charge is 0.275 e. The zero-order valence-corrected chi connectivity index (χ0v) is 17.1. The van der Waals surface area contributed by atoms with Crippen molar-refractivity contribution in [3.8, 4) is 5.69 Å². The van der Waals surface area contributed by atoms with E-state index in [1.54, 1.807) is 12.1 Å². The molecule has 0 spiro atoms. The van der Waals surface area contributed by atoms with E-state index in [-0.39, 0.29) is 11.7 Å². The predicted octanol–water partition coefficient (Wildman–Crippen LogP) is 3.98. The summed E-state index contributed by atoms with van der Waals surface area (Å²) in [5, 5.41) is 4.76. The molecule has 30 heavy (non-hydrogen) atoms. The molecule has 0 saturated carbocycles. The van der Waals surface area contributed by atoms with E-state index in [1.165, 1.54) is 17.8 Å². The number of nitrogens with zero attached hydrogens (tertiary/aromatic N) is 4. The Bertz CT molecular complexity index is 1090. The van der Waals surface area contributed by atoms with Crippen molar-refractivity contribution in [1.82, 2.24) is 14.7 Å². The highest BCUT2D eigenvalue weighted by molar-refractivity contribution is 5.94. The summed E-state index contributed by atoms with van der Waals surface area (Å²) >= 11 is 0. The Hall–Kier alpha value is -3.15. The molecule has 0 fully saturated rings. The molecule has 1 aliphatic carbocycles. The molecule has 0 saturated heterocycles. The molecule has 2 aliphatic rings. The molecule has 0 N–H and O–H groups in total. The first-order chi connectivity index (χ1) is 14.6. The van der Waals surface area contributed by atoms with E-state index < -0.39 is 0 Å². The van der Waals surface area contributed by atoms with Crippen molar-refractivity contribution in [2.24, 2.45) is 0 Å². The summed E-state index contributed by atoms with van der Waals surface area (Å²) in [4.78, 5) is 17.7. The van der Waals surface area contributed by atoms with Gasteiger partial charge >= 0.3 is 0 Å². The third-order valence-electron chi connectivity index (χ3n) is 6.21. The van der Waals surface area contributed by atoms with E-state index in [4.69, 9.17) is 5.10 Å². The summed E-state index contributed by atoms with van der Waals surface area (Å²) in [6.45, 7) is 2.02. The number of rotatable bonds is 2. The van der Waals surface area contributed by atoms with Gasteiger partial charge in [0.25, 0.3) is 5.91 Å². The van der Waals surface area contributed by atoms with Crippen LogP contribution in [-0.4, -0.2) is 40.7 Å². The van der Waals surface area contributed by atoms with Gasteiger partial charge in [0.05, 0.1) is 5.69 Å². The lowest BCUT2D eigenvalue weighted by molar-refractivity contribution is 0.0744. The average molecular weight is 404 g/mol. The fraction of sp³-hybridized carbons (Fsp3) is 0.333. The molecule has 154 valence electrons. The van der Waals surface area contributed by atoms with Crippen LogP contribution in [0.4, 0.5) is 10.1 Å². The van der Waals surface area contributed by atoms with Gasteiger partial charge in [-0.25, -0.2) is 9.07 Å². The zero-order chi connectivity index (χ0) is 20.7. The van der Waals surface area contributed by atoms with Gasteiger partial charge in [-0.1, -0.05) is 18.2 Å². The summed E-state index contributed by atoms with van der Waals surface area (Å²) < 4.78 is 15.3. The van der Waals surface area contributed by atoms with Gasteiger partial charge in [-0.15, -0.1) is 0 Å². The Labute approximate surface area is 175 Å². The molecule has 3 aromatic rings. The maximum Gasteiger partial charge on any atom is 0.275 e. The largest absolute Gasteiger partial charge is 0.373 e. The SMILES string of the molecule is CN1CCN(C(=O)c2nn(-c3ccc(F)cc3)c3c2CCCC3)Cc2ccccc21. The average Bonchev–Trinajstić information content (AvgIpc) is 3.07. The van der Waals surface area contributed by atoms with Crippen molar-refractivity contribution < 1.29 is 9.18 Å². The van der Waals surface area contributed by atoms with Crippen LogP contribution in [0.5, 0.6) is 0 Å². The molecule has 1 aliphatic heterocycles. The maximum atomic E-state index is 13.6. The lowest BCUT2D eigenvalue weighted by Gasteiger charge is -2.21. The fourth-order valence-corrected chi connectivity index (χ4v) is 4.58. The third kappa shape index (κ3) is 3.26. The first kappa shape index (κ1) is 18.9. The van der Waals surface area contributed by atoms with Gasteiger partial charge in [0.15, 0.2) is 5.69 Å². The molecule has 5 nitrogen and oxygen atoms in total. The van der Waals surface area contributed by atoms with E-state index in [9.17, 15) is 9.18 Å². The topological polar surface area (TPSA) is 41.4 Å². The van der Waals surface area contributed by atoms with Gasteiger partial charge in [-0.3, -0.25) is 4.79 Å². The van der Waals surface area contributed by atoms with Crippen LogP contribution in [0.1, 0.15) is 40.2 Å². The minimum absolute atomic E-state index is 0.0147. The molecule has 1 aromatic heterocycles. The highest BCUT2D eigenvalue weighted by Crippen LogP contribution is 2.30. The second-order valence-corrected chi connectivity index (χ2v) is 8.15. The van der Waals surface area contributed by atoms with Crippen molar-refractivity contribution in [3.05, 3.63) is 76.9 Å². The summed E-state index contributed by atoms with van der Waals surface area (Å²) in [5.74, 6) is -0.289. The summed E-state index contributed by atoms with van der Waals surface area (Å²) in [7, 11) is 2.07. The number of amides is 1. The Kier molecular flexibility index (Phi) is 4.77. The number of likely N-dealkylation sites (N-methyl/N-ethyl adjacent to an activating group) is 1. The fourth-order valence-electron chi connectivity index (χ4n) is 4.58. The monoisotopic (exact) mass is 404 g/mol. The van der Waals surface area contributed by atoms with Crippen molar-refractivity contribution in [2.45, 2.75) is 32.2 Å². The van der Waals surface area contributed by atoms with Gasteiger partial charge in [0.2, 0.25) is 0 Å². The Morgan fingerprint density at radius 3 is 2.60 bits per heavy atom. The number of para-hydroxylation sites is 1. The highest BCUT2D eigenvalue weighted by atomic mass is 19.1. The van der Waals surface area contributed by atoms with Crippen LogP contribution in [0, 0.1) is 5.82 Å². The summed E-state index contributed by atoms with van der Waals surface area (Å²) in [6, 6.07) is 14.6. The van der Waals surface area contributed by atoms with Crippen LogP contribution in [0.15, 0.2) is 48.5 Å². The van der Waals surface area contributed by atoms with Crippen LogP contribution in [-0.2, 0) is 19.4 Å². The van der Waals surface area contributed by atoms with Crippen LogP contribution in [0.2, 0.25) is 0 Å². The number of hydrogen-bond donors (Lipinski definition) is 0. The van der Waals surface area contributed by atoms with Crippen molar-refractivity contribution >= 4 is 11.6 Å². The van der Waals surface area contributed by atoms with Gasteiger partial charge in [-0.05, 0) is 61.6 Å². The Morgan fingerprint density at radius 2 is 1.77 bits per heavy atom. The van der Waals surface area contributed by atoms with Gasteiger partial charge < -0.3 is 9.80 Å². The van der Waals surface area contributed by atoms with Crippen molar-refractivity contribution in [1.29, 1.82) is 0 Å². The number of halogens is 1. The standard InChI is InChI=1S/C24H25FN4O/c1-27-14-15-28(16-17-6-2-4-8-21(17)27)24(30)23-20-7-3-5-9-22(20)29(26-23)19-12-10-18(25)11-13-19/h2,4,6,8,10-13H,3,5,7,9,14-16H2,1H3. The van der Waals surface area contributed by atoms with Crippen LogP contribution in [0.25, 0.3) is 5.69 Å². The number of anilines is 1. The van der Waals surface area contributed by atoms with E-state index in [1.807, 2.05) is 21.7 Å². The molecule has 0 bridgehead atoms. The maximum absolute atomic E-state index is 13.6. The van der Waals surface area contributed by atoms with E-state index in [0.29, 0.717) is 18.8 Å². The van der Waals surface area contributed by atoms with E-state index >= 15 is 0 Å². The molecule has 0 radical (unpaired) electrons. The highest BCUT2D eigenvalue weighted by Gasteiger charge is 2.30. The first-order valence-electron chi connectivity index (χ1n) is 10.6. The zero-order valence-electron chi connectivity index (χ0n) is 17.1. The first-order valence-corrected chi connectivity index (χ1v) is 10.6. The predicted molar refractivity (Wildman–Crippen MR) is 115 cm³/mol. The number of carbonyl (C=O) groups excluding carboxylic acids is 1. The van der Waals surface area contributed by atoms with Gasteiger partial charge in [0.1, 0.15) is 5.82 Å². The number of carbonyl (C=O) groups is 1. The lowest BCUT2D eigenvalue weighted by Crippen LogP contribution is -2.35. The van der Waals surface area contributed by atoms with Crippen LogP contribution >= 0.6 is 0 Å². The van der Waals surface area contributed by atoms with Crippen LogP contribution in [0.3, 0.4) is 0 Å². The quantitative estimate of drug-likeness (QED) is 0.649. The summed E-state index contributed by atoms with van der Waals surface area (Å²) in [6.07, 6.45) is 3.89. The van der Waals surface area contributed by atoms with E-state index in [2.05, 4.69) is 24.1 Å². The lowest BCUT2D eigenvalue weighted by atomic mass is 9.95. The Balaban J connectivity index is 1.52. The molecule has 2 heterocycles. The second kappa shape index (κ2) is 7.59. The minimum atomic E-state index is -0.275. The minimum Gasteiger partial charge on any atom is -0.373 e. The molecule has 0 unspecified atom stereocenters. The molecule has 1 amide bonds. The van der Waals surface area contributed by atoms with Crippen molar-refractivity contribution in [2.75, 3.05) is 25.0 Å². The number of aromatic nitrogens is 2. The van der Waals surface area contributed by atoms with Gasteiger partial charge in [0, 0.05) is 43.6 Å².